The van der Waals surface area contributed by atoms with Gasteiger partial charge in [-0.25, -0.2) is 0 Å². The molecule has 2 fully saturated rings. The second-order valence-corrected chi connectivity index (χ2v) is 16.7. The van der Waals surface area contributed by atoms with Gasteiger partial charge in [-0.05, 0) is 105 Å². The molecule has 2 unspecified atom stereocenters. The van der Waals surface area contributed by atoms with Crippen molar-refractivity contribution in [3.8, 4) is 17.0 Å². The monoisotopic (exact) mass is 739 g/mol. The third-order valence-corrected chi connectivity index (χ3v) is 11.7. The van der Waals surface area contributed by atoms with Gasteiger partial charge in [0.25, 0.3) is 11.8 Å². The summed E-state index contributed by atoms with van der Waals surface area (Å²) in [6.07, 6.45) is 9.87. The van der Waals surface area contributed by atoms with Crippen molar-refractivity contribution in [2.75, 3.05) is 34.0 Å². The largest absolute Gasteiger partial charge is 0.497 e. The van der Waals surface area contributed by atoms with Crippen molar-refractivity contribution in [3.05, 3.63) is 70.5 Å². The first-order valence-corrected chi connectivity index (χ1v) is 20.0. The molecule has 282 valence electrons. The molecule has 1 N–H and O–H groups in total. The number of fused-ring (bicyclic) bond motifs is 5. The van der Waals surface area contributed by atoms with Gasteiger partial charge in [-0.2, -0.15) is 5.10 Å². The Bertz CT molecular complexity index is 2020. The van der Waals surface area contributed by atoms with E-state index < -0.39 is 0 Å². The van der Waals surface area contributed by atoms with E-state index in [4.69, 9.17) is 19.3 Å². The third-order valence-electron chi connectivity index (χ3n) is 10.9. The average molecular weight is 740 g/mol. The van der Waals surface area contributed by atoms with Gasteiger partial charge in [0.1, 0.15) is 5.75 Å². The molecule has 2 atom stereocenters. The molecule has 0 bridgehead atoms. The molecule has 1 aliphatic carbocycles. The van der Waals surface area contributed by atoms with E-state index in [0.717, 1.165) is 46.5 Å². The van der Waals surface area contributed by atoms with E-state index >= 15 is 0 Å². The molecule has 1 saturated heterocycles. The summed E-state index contributed by atoms with van der Waals surface area (Å²) in [4.78, 5) is 30.2. The van der Waals surface area contributed by atoms with Gasteiger partial charge in [0, 0.05) is 40.4 Å². The zero-order valence-electron chi connectivity index (χ0n) is 32.1. The summed E-state index contributed by atoms with van der Waals surface area (Å²) < 4.78 is 24.6. The lowest BCUT2D eigenvalue weighted by Crippen LogP contribution is -2.55. The Morgan fingerprint density at radius 2 is 1.81 bits per heavy atom. The minimum atomic E-state index is -0.212. The Morgan fingerprint density at radius 1 is 1.02 bits per heavy atom. The first-order valence-electron chi connectivity index (χ1n) is 19.1. The average Bonchev–Trinajstić information content (AvgIpc) is 3.69. The maximum Gasteiger partial charge on any atom is 0.261 e. The molecule has 2 aromatic carbocycles. The van der Waals surface area contributed by atoms with E-state index in [-0.39, 0.29) is 35.2 Å². The van der Waals surface area contributed by atoms with Crippen LogP contribution in [0, 0.1) is 0 Å². The molecular weight excluding hydrogens is 687 g/mol. The molecule has 2 aliphatic heterocycles. The Hall–Kier alpha value is -4.06. The van der Waals surface area contributed by atoms with Crippen LogP contribution in [0.15, 0.2) is 42.6 Å². The summed E-state index contributed by atoms with van der Waals surface area (Å²) in [5.74, 6) is 0.978. The van der Waals surface area contributed by atoms with Gasteiger partial charge in [-0.15, -0.1) is 0 Å². The molecular formula is C42H53N5O5S. The summed E-state index contributed by atoms with van der Waals surface area (Å²) in [7, 11) is 3.35. The number of ether oxygens (including phenoxy) is 3. The molecule has 53 heavy (non-hydrogen) atoms. The van der Waals surface area contributed by atoms with Crippen molar-refractivity contribution in [3.63, 3.8) is 0 Å². The van der Waals surface area contributed by atoms with Crippen molar-refractivity contribution >= 4 is 46.3 Å². The molecule has 2 aromatic heterocycles. The van der Waals surface area contributed by atoms with Gasteiger partial charge in [-0.1, -0.05) is 39.2 Å². The van der Waals surface area contributed by atoms with Crippen LogP contribution in [0.2, 0.25) is 0 Å². The van der Waals surface area contributed by atoms with Crippen LogP contribution in [-0.2, 0) is 16.0 Å². The van der Waals surface area contributed by atoms with E-state index in [1.165, 1.54) is 47.9 Å². The van der Waals surface area contributed by atoms with Gasteiger partial charge in [0.15, 0.2) is 0 Å². The van der Waals surface area contributed by atoms with Crippen LogP contribution in [0.5, 0.6) is 5.75 Å². The van der Waals surface area contributed by atoms with Crippen LogP contribution >= 0.6 is 11.9 Å². The molecule has 4 aromatic rings. The second kappa shape index (κ2) is 15.7. The number of nitrogens with zero attached hydrogens (tertiary/aromatic N) is 4. The van der Waals surface area contributed by atoms with Crippen molar-refractivity contribution < 1.29 is 23.8 Å². The Labute approximate surface area is 317 Å². The number of amides is 2. The standard InChI is InChI=1S/C42H53N5O5S/c1-25(2)47-39(36(20-43-47)42(49)46-27(5)22-52-24-32(46)23-50-6)31-17-30-18-33(51-7)14-16-34(30)40-38(28-11-9-8-10-12-28)35-15-13-29(19-37(35)45(40)21-31)41(48)44-53-26(3)4/h13-20,25-28,32H,8-12,21-24H2,1-7H3,(H,44,48). The zero-order chi connectivity index (χ0) is 37.4. The first kappa shape index (κ1) is 37.3. The third kappa shape index (κ3) is 7.15. The summed E-state index contributed by atoms with van der Waals surface area (Å²) in [6, 6.07) is 12.2. The lowest BCUT2D eigenvalue weighted by Gasteiger charge is -2.40. The van der Waals surface area contributed by atoms with E-state index in [1.807, 2.05) is 28.6 Å². The number of rotatable bonds is 10. The van der Waals surface area contributed by atoms with Crippen LogP contribution in [-0.4, -0.2) is 82.4 Å². The SMILES string of the molecule is COCC1COCC(C)N1C(=O)c1cnn(C(C)C)c1C1=Cc2cc(OC)ccc2-c2c(C3CCCCC3)c3ccc(C(=O)NSC(C)C)cc3n2C1. The van der Waals surface area contributed by atoms with Crippen molar-refractivity contribution in [1.82, 2.24) is 24.0 Å². The molecule has 10 nitrogen and oxygen atoms in total. The number of morpholine rings is 1. The van der Waals surface area contributed by atoms with Crippen LogP contribution < -0.4 is 9.46 Å². The number of hydrogen-bond donors (Lipinski definition) is 1. The van der Waals surface area contributed by atoms with Gasteiger partial charge < -0.3 is 23.7 Å². The number of methoxy groups -OCH3 is 2. The highest BCUT2D eigenvalue weighted by molar-refractivity contribution is 7.98. The molecule has 0 spiro atoms. The highest BCUT2D eigenvalue weighted by Gasteiger charge is 2.37. The van der Waals surface area contributed by atoms with Crippen molar-refractivity contribution in [2.45, 2.75) is 103 Å². The second-order valence-electron chi connectivity index (χ2n) is 15.3. The number of carbonyl (C=O) groups excluding carboxylic acids is 2. The minimum Gasteiger partial charge on any atom is -0.497 e. The Morgan fingerprint density at radius 3 is 2.53 bits per heavy atom. The van der Waals surface area contributed by atoms with Gasteiger partial charge in [0.05, 0.1) is 68.7 Å². The highest BCUT2D eigenvalue weighted by Crippen LogP contribution is 2.48. The smallest absolute Gasteiger partial charge is 0.261 e. The van der Waals surface area contributed by atoms with E-state index in [1.54, 1.807) is 20.4 Å². The number of aromatic nitrogens is 3. The fourth-order valence-electron chi connectivity index (χ4n) is 8.51. The molecule has 1 saturated carbocycles. The summed E-state index contributed by atoms with van der Waals surface area (Å²) in [5, 5.41) is 6.31. The number of benzene rings is 2. The minimum absolute atomic E-state index is 0.00944. The van der Waals surface area contributed by atoms with E-state index in [2.05, 4.69) is 67.3 Å². The molecule has 4 heterocycles. The van der Waals surface area contributed by atoms with Crippen molar-refractivity contribution in [1.29, 1.82) is 0 Å². The molecule has 11 heteroatoms. The van der Waals surface area contributed by atoms with Crippen LogP contribution in [0.4, 0.5) is 0 Å². The van der Waals surface area contributed by atoms with Crippen LogP contribution in [0.3, 0.4) is 0 Å². The van der Waals surface area contributed by atoms with Gasteiger partial charge >= 0.3 is 0 Å². The Balaban J connectivity index is 1.46. The quantitative estimate of drug-likeness (QED) is 0.163. The van der Waals surface area contributed by atoms with Gasteiger partial charge in [0.2, 0.25) is 0 Å². The number of allylic oxidation sites excluding steroid dienone is 1. The lowest BCUT2D eigenvalue weighted by molar-refractivity contribution is -0.0508. The maximum absolute atomic E-state index is 14.8. The van der Waals surface area contributed by atoms with Crippen molar-refractivity contribution in [2.24, 2.45) is 0 Å². The van der Waals surface area contributed by atoms with Crippen LogP contribution in [0.25, 0.3) is 33.8 Å². The Kier molecular flexibility index (Phi) is 11.1. The fraction of sp³-hybridized carbons (Fsp3) is 0.500. The topological polar surface area (TPSA) is 99.9 Å². The molecule has 2 amide bonds. The number of nitrogens with one attached hydrogen (secondary N) is 1. The number of hydrogen-bond acceptors (Lipinski definition) is 7. The fourth-order valence-corrected chi connectivity index (χ4v) is 8.97. The zero-order valence-corrected chi connectivity index (χ0v) is 32.9. The predicted octanol–water partition coefficient (Wildman–Crippen LogP) is 8.36. The molecule has 7 rings (SSSR count). The first-order chi connectivity index (χ1) is 25.6. The van der Waals surface area contributed by atoms with Gasteiger partial charge in [-0.3, -0.25) is 19.0 Å². The normalized spacial score (nSPS) is 19.3. The summed E-state index contributed by atoms with van der Waals surface area (Å²) in [6.45, 7) is 12.1. The number of carbonyl (C=O) groups is 2. The predicted molar refractivity (Wildman–Crippen MR) is 213 cm³/mol. The highest BCUT2D eigenvalue weighted by atomic mass is 32.2. The summed E-state index contributed by atoms with van der Waals surface area (Å²) >= 11 is 1.43. The maximum atomic E-state index is 14.8. The molecule has 0 radical (unpaired) electrons. The van der Waals surface area contributed by atoms with E-state index in [9.17, 15) is 9.59 Å². The van der Waals surface area contributed by atoms with E-state index in [0.29, 0.717) is 43.4 Å². The molecule has 3 aliphatic rings. The summed E-state index contributed by atoms with van der Waals surface area (Å²) in [5.41, 5.74) is 8.63. The van der Waals surface area contributed by atoms with Crippen LogP contribution in [0.1, 0.15) is 116 Å². The lowest BCUT2D eigenvalue weighted by atomic mass is 9.81.